The van der Waals surface area contributed by atoms with E-state index in [0.29, 0.717) is 22.3 Å². The maximum absolute atomic E-state index is 12.4. The molecule has 1 amide bonds. The molecule has 1 aliphatic rings. The van der Waals surface area contributed by atoms with Gasteiger partial charge in [0.1, 0.15) is 5.01 Å². The third-order valence-electron chi connectivity index (χ3n) is 3.75. The van der Waals surface area contributed by atoms with Crippen molar-refractivity contribution in [1.29, 1.82) is 0 Å². The summed E-state index contributed by atoms with van der Waals surface area (Å²) in [6.45, 7) is 4.04. The lowest BCUT2D eigenvalue weighted by Gasteiger charge is -2.02. The van der Waals surface area contributed by atoms with Gasteiger partial charge in [0.25, 0.3) is 11.6 Å². The van der Waals surface area contributed by atoms with E-state index in [9.17, 15) is 4.79 Å². The minimum absolute atomic E-state index is 0.195. The van der Waals surface area contributed by atoms with Crippen LogP contribution < -0.4 is 5.32 Å². The highest BCUT2D eigenvalue weighted by Crippen LogP contribution is 2.42. The Morgan fingerprint density at radius 2 is 2.22 bits per heavy atom. The molecule has 0 radical (unpaired) electrons. The highest BCUT2D eigenvalue weighted by atomic mass is 32.1. The van der Waals surface area contributed by atoms with Crippen molar-refractivity contribution in [3.05, 3.63) is 28.5 Å². The normalized spacial score (nSPS) is 14.6. The minimum atomic E-state index is -0.256. The Kier molecular flexibility index (Phi) is 3.33. The van der Waals surface area contributed by atoms with Gasteiger partial charge >= 0.3 is 0 Å². The lowest BCUT2D eigenvalue weighted by atomic mass is 10.1. The third-order valence-corrected chi connectivity index (χ3v) is 4.76. The zero-order chi connectivity index (χ0) is 16.0. The van der Waals surface area contributed by atoms with Gasteiger partial charge in [0.15, 0.2) is 0 Å². The number of anilines is 1. The summed E-state index contributed by atoms with van der Waals surface area (Å²) in [6.07, 6.45) is 3.80. The first-order valence-electron chi connectivity index (χ1n) is 7.52. The van der Waals surface area contributed by atoms with Crippen LogP contribution in [0.15, 0.2) is 16.8 Å². The highest BCUT2D eigenvalue weighted by molar-refractivity contribution is 7.15. The van der Waals surface area contributed by atoms with E-state index in [4.69, 9.17) is 4.52 Å². The number of pyridine rings is 1. The van der Waals surface area contributed by atoms with Crippen molar-refractivity contribution in [2.24, 2.45) is 0 Å². The van der Waals surface area contributed by atoms with Crippen molar-refractivity contribution >= 4 is 33.5 Å². The molecule has 0 aliphatic heterocycles. The van der Waals surface area contributed by atoms with Crippen LogP contribution in [0.1, 0.15) is 59.6 Å². The Hall–Kier alpha value is -2.35. The number of nitrogens with one attached hydrogen (secondary N) is 1. The molecular weight excluding hydrogens is 314 g/mol. The van der Waals surface area contributed by atoms with Crippen LogP contribution in [0, 0.1) is 0 Å². The first-order chi connectivity index (χ1) is 11.1. The Morgan fingerprint density at radius 1 is 1.39 bits per heavy atom. The van der Waals surface area contributed by atoms with Crippen molar-refractivity contribution in [3.63, 3.8) is 0 Å². The summed E-state index contributed by atoms with van der Waals surface area (Å²) in [6, 6.07) is 1.76. The molecule has 1 saturated carbocycles. The molecule has 3 aromatic heterocycles. The van der Waals surface area contributed by atoms with E-state index in [0.717, 1.165) is 28.9 Å². The van der Waals surface area contributed by atoms with Gasteiger partial charge in [0.2, 0.25) is 5.13 Å². The number of fused-ring (bicyclic) bond motifs is 1. The molecule has 0 aromatic carbocycles. The molecule has 1 aliphatic carbocycles. The van der Waals surface area contributed by atoms with Gasteiger partial charge in [-0.25, -0.2) is 4.98 Å². The number of nitrogens with zero attached hydrogens (tertiary/aromatic N) is 4. The number of rotatable bonds is 4. The molecule has 4 rings (SSSR count). The first kappa shape index (κ1) is 14.3. The summed E-state index contributed by atoms with van der Waals surface area (Å²) in [7, 11) is 0. The van der Waals surface area contributed by atoms with Crippen molar-refractivity contribution in [3.8, 4) is 0 Å². The van der Waals surface area contributed by atoms with Gasteiger partial charge in [-0.15, -0.1) is 10.2 Å². The second kappa shape index (κ2) is 5.38. The van der Waals surface area contributed by atoms with Gasteiger partial charge < -0.3 is 4.52 Å². The molecule has 3 heterocycles. The molecule has 0 bridgehead atoms. The number of hydrogen-bond donors (Lipinski definition) is 1. The van der Waals surface area contributed by atoms with Crippen LogP contribution in [0.3, 0.4) is 0 Å². The average molecular weight is 329 g/mol. The molecule has 1 N–H and O–H groups in total. The predicted molar refractivity (Wildman–Crippen MR) is 85.7 cm³/mol. The second-order valence-corrected chi connectivity index (χ2v) is 6.98. The van der Waals surface area contributed by atoms with E-state index in [2.05, 4.69) is 25.7 Å². The van der Waals surface area contributed by atoms with Gasteiger partial charge in [-0.3, -0.25) is 10.1 Å². The lowest BCUT2D eigenvalue weighted by molar-refractivity contribution is 0.102. The summed E-state index contributed by atoms with van der Waals surface area (Å²) in [4.78, 5) is 16.6. The molecule has 8 heteroatoms. The third kappa shape index (κ3) is 2.70. The van der Waals surface area contributed by atoms with Gasteiger partial charge in [0, 0.05) is 12.1 Å². The smallest absolute Gasteiger partial charge is 0.259 e. The molecule has 7 nitrogen and oxygen atoms in total. The number of aromatic nitrogens is 4. The van der Waals surface area contributed by atoms with E-state index < -0.39 is 0 Å². The topological polar surface area (TPSA) is 93.8 Å². The zero-order valence-electron chi connectivity index (χ0n) is 12.7. The van der Waals surface area contributed by atoms with Crippen molar-refractivity contribution in [2.45, 2.75) is 38.5 Å². The van der Waals surface area contributed by atoms with Gasteiger partial charge in [-0.05, 0) is 24.8 Å². The SMILES string of the molecule is CC(C)c1noc2ncc(C(=O)Nc3nnc(C4CC4)s3)cc12. The van der Waals surface area contributed by atoms with Gasteiger partial charge in [-0.2, -0.15) is 0 Å². The van der Waals surface area contributed by atoms with E-state index in [-0.39, 0.29) is 11.8 Å². The maximum atomic E-state index is 12.4. The second-order valence-electron chi connectivity index (χ2n) is 5.97. The van der Waals surface area contributed by atoms with Crippen LogP contribution in [0.5, 0.6) is 0 Å². The molecular formula is C15H15N5O2S. The van der Waals surface area contributed by atoms with Gasteiger partial charge in [0.05, 0.1) is 16.6 Å². The van der Waals surface area contributed by atoms with Gasteiger partial charge in [-0.1, -0.05) is 30.3 Å². The molecule has 118 valence electrons. The van der Waals surface area contributed by atoms with Crippen LogP contribution in [0.25, 0.3) is 11.1 Å². The van der Waals surface area contributed by atoms with Crippen molar-refractivity contribution in [2.75, 3.05) is 5.32 Å². The van der Waals surface area contributed by atoms with Crippen molar-refractivity contribution in [1.82, 2.24) is 20.3 Å². The largest absolute Gasteiger partial charge is 0.336 e. The fraction of sp³-hybridized carbons (Fsp3) is 0.400. The molecule has 0 unspecified atom stereocenters. The van der Waals surface area contributed by atoms with E-state index in [1.54, 1.807) is 6.07 Å². The number of carbonyl (C=O) groups excluding carboxylic acids is 1. The molecule has 3 aromatic rings. The molecule has 1 fully saturated rings. The Balaban J connectivity index is 1.59. The van der Waals surface area contributed by atoms with Crippen LogP contribution in [-0.2, 0) is 0 Å². The van der Waals surface area contributed by atoms with E-state index in [1.165, 1.54) is 17.5 Å². The number of carbonyl (C=O) groups is 1. The van der Waals surface area contributed by atoms with Crippen LogP contribution >= 0.6 is 11.3 Å². The van der Waals surface area contributed by atoms with Crippen LogP contribution in [0.4, 0.5) is 5.13 Å². The molecule has 0 spiro atoms. The quantitative estimate of drug-likeness (QED) is 0.789. The standard InChI is InChI=1S/C15H15N5O2S/c1-7(2)11-10-5-9(6-16-13(10)22-20-11)12(21)17-15-19-18-14(23-15)8-3-4-8/h5-8H,3-4H2,1-2H3,(H,17,19,21). The van der Waals surface area contributed by atoms with Crippen LogP contribution in [0.2, 0.25) is 0 Å². The summed E-state index contributed by atoms with van der Waals surface area (Å²) in [5.41, 5.74) is 1.69. The number of amides is 1. The lowest BCUT2D eigenvalue weighted by Crippen LogP contribution is -2.12. The Morgan fingerprint density at radius 3 is 2.96 bits per heavy atom. The summed E-state index contributed by atoms with van der Waals surface area (Å²) >= 11 is 1.43. The summed E-state index contributed by atoms with van der Waals surface area (Å²) < 4.78 is 5.19. The fourth-order valence-electron chi connectivity index (χ4n) is 2.34. The summed E-state index contributed by atoms with van der Waals surface area (Å²) in [5, 5.41) is 17.2. The highest BCUT2D eigenvalue weighted by Gasteiger charge is 2.28. The fourth-order valence-corrected chi connectivity index (χ4v) is 3.25. The molecule has 23 heavy (non-hydrogen) atoms. The first-order valence-corrected chi connectivity index (χ1v) is 8.33. The van der Waals surface area contributed by atoms with E-state index in [1.807, 2.05) is 13.8 Å². The Bertz CT molecular complexity index is 881. The monoisotopic (exact) mass is 329 g/mol. The minimum Gasteiger partial charge on any atom is -0.336 e. The predicted octanol–water partition coefficient (Wildman–Crippen LogP) is 3.33. The molecule has 0 atom stereocenters. The van der Waals surface area contributed by atoms with Crippen LogP contribution in [-0.4, -0.2) is 26.2 Å². The average Bonchev–Trinajstić information content (AvgIpc) is 3.12. The maximum Gasteiger partial charge on any atom is 0.259 e. The zero-order valence-corrected chi connectivity index (χ0v) is 13.6. The Labute approximate surface area is 136 Å². The summed E-state index contributed by atoms with van der Waals surface area (Å²) in [5.74, 6) is 0.469. The van der Waals surface area contributed by atoms with Crippen molar-refractivity contribution < 1.29 is 9.32 Å². The van der Waals surface area contributed by atoms with E-state index >= 15 is 0 Å². The molecule has 0 saturated heterocycles. The number of hydrogen-bond acceptors (Lipinski definition) is 7.